The minimum Gasteiger partial charge on any atom is -0.354 e. The second-order valence-electron chi connectivity index (χ2n) is 3.89. The summed E-state index contributed by atoms with van der Waals surface area (Å²) in [4.78, 5) is 17.3. The zero-order valence-electron chi connectivity index (χ0n) is 9.20. The molecule has 0 bridgehead atoms. The van der Waals surface area contributed by atoms with Crippen LogP contribution in [0.1, 0.15) is 0 Å². The number of carbonyl (C=O) groups is 1. The predicted octanol–water partition coefficient (Wildman–Crippen LogP) is -0.726. The van der Waals surface area contributed by atoms with E-state index in [1.54, 1.807) is 0 Å². The maximum atomic E-state index is 10.7. The molecular formula is C10H12N6O. The summed E-state index contributed by atoms with van der Waals surface area (Å²) in [5, 5.41) is 10.9. The lowest BCUT2D eigenvalue weighted by Gasteiger charge is -2.28. The highest BCUT2D eigenvalue weighted by Gasteiger charge is 2.13. The lowest BCUT2D eigenvalue weighted by atomic mass is 10.3. The average Bonchev–Trinajstić information content (AvgIpc) is 2.81. The van der Waals surface area contributed by atoms with Gasteiger partial charge in [0.25, 0.3) is 0 Å². The Morgan fingerprint density at radius 2 is 2.12 bits per heavy atom. The van der Waals surface area contributed by atoms with Crippen LogP contribution < -0.4 is 10.2 Å². The number of rotatable bonds is 2. The van der Waals surface area contributed by atoms with Gasteiger partial charge in [0.1, 0.15) is 11.3 Å². The number of anilines is 1. The molecule has 0 amide bonds. The molecule has 1 fully saturated rings. The van der Waals surface area contributed by atoms with E-state index in [2.05, 4.69) is 25.5 Å². The summed E-state index contributed by atoms with van der Waals surface area (Å²) in [6.07, 6.45) is 0.626. The molecule has 7 nitrogen and oxygen atoms in total. The zero-order chi connectivity index (χ0) is 11.7. The first-order valence-electron chi connectivity index (χ1n) is 5.51. The highest BCUT2D eigenvalue weighted by Crippen LogP contribution is 2.16. The van der Waals surface area contributed by atoms with Crippen molar-refractivity contribution in [3.05, 3.63) is 12.1 Å². The lowest BCUT2D eigenvalue weighted by molar-refractivity contribution is 0.540. The van der Waals surface area contributed by atoms with Crippen LogP contribution in [0.2, 0.25) is 0 Å². The van der Waals surface area contributed by atoms with Crippen LogP contribution in [-0.2, 0) is 4.79 Å². The van der Waals surface area contributed by atoms with Crippen molar-refractivity contribution in [1.82, 2.24) is 25.3 Å². The van der Waals surface area contributed by atoms with Crippen LogP contribution in [0.4, 0.5) is 5.82 Å². The van der Waals surface area contributed by atoms with Crippen LogP contribution in [0, 0.1) is 0 Å². The van der Waals surface area contributed by atoms with Gasteiger partial charge in [0, 0.05) is 26.2 Å². The average molecular weight is 232 g/mol. The van der Waals surface area contributed by atoms with Gasteiger partial charge in [-0.05, 0) is 12.1 Å². The predicted molar refractivity (Wildman–Crippen MR) is 62.6 cm³/mol. The summed E-state index contributed by atoms with van der Waals surface area (Å²) in [6, 6.07) is 3.73. The van der Waals surface area contributed by atoms with Gasteiger partial charge in [-0.2, -0.15) is 4.68 Å². The topological polar surface area (TPSA) is 75.9 Å². The molecule has 0 atom stereocenters. The highest BCUT2D eigenvalue weighted by molar-refractivity contribution is 5.78. The Labute approximate surface area is 97.4 Å². The molecule has 1 aliphatic rings. The molecule has 1 aliphatic heterocycles. The number of carbonyl (C=O) groups excluding carboxylic acids is 1. The second-order valence-corrected chi connectivity index (χ2v) is 3.89. The van der Waals surface area contributed by atoms with E-state index in [0.717, 1.165) is 32.0 Å². The first-order chi connectivity index (χ1) is 8.38. The van der Waals surface area contributed by atoms with Gasteiger partial charge >= 0.3 is 0 Å². The van der Waals surface area contributed by atoms with Gasteiger partial charge in [-0.3, -0.25) is 4.79 Å². The van der Waals surface area contributed by atoms with Crippen molar-refractivity contribution in [1.29, 1.82) is 0 Å². The Morgan fingerprint density at radius 3 is 2.88 bits per heavy atom. The monoisotopic (exact) mass is 232 g/mol. The zero-order valence-corrected chi connectivity index (χ0v) is 9.20. The molecule has 3 rings (SSSR count). The standard InChI is InChI=1S/C10H12N6O/c17-7-16-8-1-2-9(12-10(8)13-14-16)15-5-3-11-4-6-15/h1-2,7,11H,3-6H2. The Bertz CT molecular complexity index is 545. The fourth-order valence-corrected chi connectivity index (χ4v) is 1.97. The number of hydrogen-bond acceptors (Lipinski definition) is 6. The second kappa shape index (κ2) is 4.10. The van der Waals surface area contributed by atoms with Gasteiger partial charge in [-0.15, -0.1) is 5.10 Å². The third-order valence-electron chi connectivity index (χ3n) is 2.86. The van der Waals surface area contributed by atoms with E-state index in [0.29, 0.717) is 17.6 Å². The number of aromatic nitrogens is 4. The smallest absolute Gasteiger partial charge is 0.236 e. The van der Waals surface area contributed by atoms with Crippen molar-refractivity contribution in [2.45, 2.75) is 0 Å². The fraction of sp³-hybridized carbons (Fsp3) is 0.400. The van der Waals surface area contributed by atoms with Crippen LogP contribution in [0.15, 0.2) is 12.1 Å². The molecule has 2 aromatic rings. The van der Waals surface area contributed by atoms with Crippen LogP contribution in [0.25, 0.3) is 11.2 Å². The summed E-state index contributed by atoms with van der Waals surface area (Å²) in [6.45, 7) is 3.78. The SMILES string of the molecule is O=Cn1nnc2nc(N3CCNCC3)ccc21. The third kappa shape index (κ3) is 1.74. The molecule has 0 saturated carbocycles. The van der Waals surface area contributed by atoms with Gasteiger partial charge in [-0.1, -0.05) is 5.21 Å². The molecule has 0 aliphatic carbocycles. The number of pyridine rings is 1. The van der Waals surface area contributed by atoms with E-state index in [-0.39, 0.29) is 0 Å². The summed E-state index contributed by atoms with van der Waals surface area (Å²) < 4.78 is 1.18. The van der Waals surface area contributed by atoms with Gasteiger partial charge in [0.15, 0.2) is 0 Å². The normalized spacial score (nSPS) is 16.4. The van der Waals surface area contributed by atoms with Crippen molar-refractivity contribution in [2.75, 3.05) is 31.1 Å². The molecule has 88 valence electrons. The van der Waals surface area contributed by atoms with Crippen LogP contribution >= 0.6 is 0 Å². The molecule has 0 unspecified atom stereocenters. The van der Waals surface area contributed by atoms with E-state index in [9.17, 15) is 4.79 Å². The third-order valence-corrected chi connectivity index (χ3v) is 2.86. The largest absolute Gasteiger partial charge is 0.354 e. The number of nitrogens with one attached hydrogen (secondary N) is 1. The van der Waals surface area contributed by atoms with Gasteiger partial charge < -0.3 is 10.2 Å². The quantitative estimate of drug-likeness (QED) is 0.688. The lowest BCUT2D eigenvalue weighted by Crippen LogP contribution is -2.43. The molecule has 0 radical (unpaired) electrons. The fourth-order valence-electron chi connectivity index (χ4n) is 1.97. The Morgan fingerprint density at radius 1 is 1.29 bits per heavy atom. The van der Waals surface area contributed by atoms with Crippen molar-refractivity contribution in [3.63, 3.8) is 0 Å². The van der Waals surface area contributed by atoms with E-state index in [1.165, 1.54) is 4.68 Å². The number of nitrogens with zero attached hydrogens (tertiary/aromatic N) is 5. The number of fused-ring (bicyclic) bond motifs is 1. The van der Waals surface area contributed by atoms with Crippen LogP contribution in [-0.4, -0.2) is 52.6 Å². The molecule has 3 heterocycles. The molecule has 0 aromatic carbocycles. The van der Waals surface area contributed by atoms with Crippen molar-refractivity contribution < 1.29 is 4.79 Å². The van der Waals surface area contributed by atoms with E-state index in [1.807, 2.05) is 12.1 Å². The number of hydrogen-bond donors (Lipinski definition) is 1. The van der Waals surface area contributed by atoms with E-state index < -0.39 is 0 Å². The van der Waals surface area contributed by atoms with Crippen molar-refractivity contribution in [2.24, 2.45) is 0 Å². The molecule has 0 spiro atoms. The summed E-state index contributed by atoms with van der Waals surface area (Å²) in [5.74, 6) is 0.886. The minimum atomic E-state index is 0.508. The first-order valence-corrected chi connectivity index (χ1v) is 5.51. The molecule has 1 saturated heterocycles. The molecule has 7 heteroatoms. The Hall–Kier alpha value is -2.02. The summed E-state index contributed by atoms with van der Waals surface area (Å²) in [5.41, 5.74) is 1.15. The van der Waals surface area contributed by atoms with Gasteiger partial charge in [-0.25, -0.2) is 4.98 Å². The Balaban J connectivity index is 1.98. The van der Waals surface area contributed by atoms with Crippen LogP contribution in [0.3, 0.4) is 0 Å². The highest BCUT2D eigenvalue weighted by atomic mass is 16.1. The summed E-state index contributed by atoms with van der Waals surface area (Å²) in [7, 11) is 0. The maximum Gasteiger partial charge on any atom is 0.236 e. The minimum absolute atomic E-state index is 0.508. The summed E-state index contributed by atoms with van der Waals surface area (Å²) >= 11 is 0. The van der Waals surface area contributed by atoms with Crippen LogP contribution in [0.5, 0.6) is 0 Å². The molecule has 2 aromatic heterocycles. The molecule has 17 heavy (non-hydrogen) atoms. The number of piperazine rings is 1. The first kappa shape index (κ1) is 10.2. The van der Waals surface area contributed by atoms with E-state index >= 15 is 0 Å². The Kier molecular flexibility index (Phi) is 2.45. The van der Waals surface area contributed by atoms with Crippen molar-refractivity contribution in [3.8, 4) is 0 Å². The van der Waals surface area contributed by atoms with E-state index in [4.69, 9.17) is 0 Å². The molecule has 1 N–H and O–H groups in total. The van der Waals surface area contributed by atoms with Crippen molar-refractivity contribution >= 4 is 23.4 Å². The molecular weight excluding hydrogens is 220 g/mol. The maximum absolute atomic E-state index is 10.7. The van der Waals surface area contributed by atoms with Gasteiger partial charge in [0.2, 0.25) is 12.1 Å². The van der Waals surface area contributed by atoms with Gasteiger partial charge in [0.05, 0.1) is 0 Å².